The van der Waals surface area contributed by atoms with Crippen molar-refractivity contribution in [2.75, 3.05) is 13.1 Å². The van der Waals surface area contributed by atoms with Gasteiger partial charge in [-0.25, -0.2) is 0 Å². The molecule has 2 rings (SSSR count). The number of rotatable bonds is 1. The molecule has 1 N–H and O–H groups in total. The molecule has 11 heavy (non-hydrogen) atoms. The molecular weight excluding hydrogens is 158 g/mol. The molecular formula is C7H11N3S. The van der Waals surface area contributed by atoms with E-state index in [0.717, 1.165) is 13.1 Å². The summed E-state index contributed by atoms with van der Waals surface area (Å²) in [4.78, 5) is 0. The molecule has 0 bridgehead atoms. The van der Waals surface area contributed by atoms with Gasteiger partial charge in [-0.2, -0.15) is 0 Å². The maximum absolute atomic E-state index is 4.08. The number of piperidine rings is 1. The van der Waals surface area contributed by atoms with Crippen LogP contribution in [0.3, 0.4) is 0 Å². The highest BCUT2D eigenvalue weighted by atomic mass is 32.1. The lowest BCUT2D eigenvalue weighted by Gasteiger charge is -2.19. The van der Waals surface area contributed by atoms with Crippen LogP contribution in [-0.4, -0.2) is 23.3 Å². The van der Waals surface area contributed by atoms with Gasteiger partial charge >= 0.3 is 0 Å². The van der Waals surface area contributed by atoms with Crippen molar-refractivity contribution in [2.45, 2.75) is 18.8 Å². The fourth-order valence-electron chi connectivity index (χ4n) is 1.43. The van der Waals surface area contributed by atoms with E-state index in [-0.39, 0.29) is 0 Å². The molecule has 0 saturated carbocycles. The molecule has 1 aromatic rings. The smallest absolute Gasteiger partial charge is 0.120 e. The SMILES string of the molecule is c1nnc(C2CCNCC2)s1. The first-order chi connectivity index (χ1) is 5.47. The van der Waals surface area contributed by atoms with Crippen LogP contribution in [0.25, 0.3) is 0 Å². The molecule has 1 aliphatic rings. The quantitative estimate of drug-likeness (QED) is 0.681. The summed E-state index contributed by atoms with van der Waals surface area (Å²) in [5, 5.41) is 12.5. The number of hydrogen-bond donors (Lipinski definition) is 1. The van der Waals surface area contributed by atoms with Gasteiger partial charge in [-0.15, -0.1) is 21.5 Å². The molecule has 1 aliphatic heterocycles. The fourth-order valence-corrected chi connectivity index (χ4v) is 2.15. The van der Waals surface area contributed by atoms with Crippen LogP contribution in [0.1, 0.15) is 23.8 Å². The van der Waals surface area contributed by atoms with Crippen molar-refractivity contribution in [3.63, 3.8) is 0 Å². The van der Waals surface area contributed by atoms with E-state index >= 15 is 0 Å². The summed E-state index contributed by atoms with van der Waals surface area (Å²) in [5.41, 5.74) is 1.82. The zero-order chi connectivity index (χ0) is 7.52. The zero-order valence-electron chi connectivity index (χ0n) is 6.29. The Morgan fingerprint density at radius 2 is 2.27 bits per heavy atom. The van der Waals surface area contributed by atoms with E-state index in [1.807, 2.05) is 5.51 Å². The van der Waals surface area contributed by atoms with Crippen molar-refractivity contribution in [1.29, 1.82) is 0 Å². The van der Waals surface area contributed by atoms with Gasteiger partial charge in [0.2, 0.25) is 0 Å². The third-order valence-corrected chi connectivity index (χ3v) is 2.92. The third-order valence-electron chi connectivity index (χ3n) is 2.07. The van der Waals surface area contributed by atoms with Crippen LogP contribution in [0.5, 0.6) is 0 Å². The molecule has 0 atom stereocenters. The Kier molecular flexibility index (Phi) is 2.14. The second-order valence-electron chi connectivity index (χ2n) is 2.80. The van der Waals surface area contributed by atoms with E-state index in [0.29, 0.717) is 5.92 Å². The molecule has 1 fully saturated rings. The van der Waals surface area contributed by atoms with Gasteiger partial charge in [0.25, 0.3) is 0 Å². The van der Waals surface area contributed by atoms with Gasteiger partial charge in [0.05, 0.1) is 0 Å². The number of nitrogens with zero attached hydrogens (tertiary/aromatic N) is 2. The second-order valence-corrected chi connectivity index (χ2v) is 3.67. The Labute approximate surface area is 69.8 Å². The first kappa shape index (κ1) is 7.18. The lowest BCUT2D eigenvalue weighted by molar-refractivity contribution is 0.457. The molecule has 1 aromatic heterocycles. The predicted octanol–water partition coefficient (Wildman–Crippen LogP) is 1.01. The van der Waals surface area contributed by atoms with Crippen molar-refractivity contribution in [1.82, 2.24) is 15.5 Å². The van der Waals surface area contributed by atoms with Crippen molar-refractivity contribution >= 4 is 11.3 Å². The van der Waals surface area contributed by atoms with Crippen LogP contribution in [0.2, 0.25) is 0 Å². The van der Waals surface area contributed by atoms with Crippen molar-refractivity contribution in [3.8, 4) is 0 Å². The molecule has 60 valence electrons. The Hall–Kier alpha value is -0.480. The minimum absolute atomic E-state index is 0.670. The minimum atomic E-state index is 0.670. The Morgan fingerprint density at radius 3 is 2.91 bits per heavy atom. The van der Waals surface area contributed by atoms with E-state index < -0.39 is 0 Å². The van der Waals surface area contributed by atoms with Crippen LogP contribution in [0.4, 0.5) is 0 Å². The van der Waals surface area contributed by atoms with Crippen LogP contribution < -0.4 is 5.32 Å². The molecule has 0 amide bonds. The molecule has 0 unspecified atom stereocenters. The van der Waals surface area contributed by atoms with Gasteiger partial charge in [-0.05, 0) is 25.9 Å². The van der Waals surface area contributed by atoms with E-state index in [1.165, 1.54) is 17.8 Å². The molecule has 0 spiro atoms. The maximum atomic E-state index is 4.08. The Morgan fingerprint density at radius 1 is 1.45 bits per heavy atom. The summed E-state index contributed by atoms with van der Waals surface area (Å²) in [6, 6.07) is 0. The largest absolute Gasteiger partial charge is 0.317 e. The van der Waals surface area contributed by atoms with Gasteiger partial charge in [0, 0.05) is 5.92 Å². The van der Waals surface area contributed by atoms with E-state index in [2.05, 4.69) is 15.5 Å². The summed E-state index contributed by atoms with van der Waals surface area (Å²) in [6.45, 7) is 2.26. The van der Waals surface area contributed by atoms with Gasteiger partial charge < -0.3 is 5.32 Å². The molecule has 4 heteroatoms. The van der Waals surface area contributed by atoms with Crippen LogP contribution in [0, 0.1) is 0 Å². The summed E-state index contributed by atoms with van der Waals surface area (Å²) >= 11 is 1.68. The molecule has 3 nitrogen and oxygen atoms in total. The van der Waals surface area contributed by atoms with Gasteiger partial charge in [0.15, 0.2) is 0 Å². The van der Waals surface area contributed by atoms with Crippen molar-refractivity contribution in [2.24, 2.45) is 0 Å². The lowest BCUT2D eigenvalue weighted by atomic mass is 9.99. The summed E-state index contributed by atoms with van der Waals surface area (Å²) in [5.74, 6) is 0.670. The standard InChI is InChI=1S/C7H11N3S/c1-3-8-4-2-6(1)7-10-9-5-11-7/h5-6,8H,1-4H2. The highest BCUT2D eigenvalue weighted by Crippen LogP contribution is 2.25. The number of hydrogen-bond acceptors (Lipinski definition) is 4. The van der Waals surface area contributed by atoms with Gasteiger partial charge in [-0.3, -0.25) is 0 Å². The Bertz CT molecular complexity index is 203. The van der Waals surface area contributed by atoms with Crippen molar-refractivity contribution in [3.05, 3.63) is 10.5 Å². The maximum Gasteiger partial charge on any atom is 0.120 e. The van der Waals surface area contributed by atoms with Crippen LogP contribution in [-0.2, 0) is 0 Å². The third kappa shape index (κ3) is 1.57. The fraction of sp³-hybridized carbons (Fsp3) is 0.714. The van der Waals surface area contributed by atoms with Crippen LogP contribution in [0.15, 0.2) is 5.51 Å². The molecule has 2 heterocycles. The van der Waals surface area contributed by atoms with Gasteiger partial charge in [-0.1, -0.05) is 0 Å². The molecule has 0 aliphatic carbocycles. The molecule has 0 radical (unpaired) electrons. The summed E-state index contributed by atoms with van der Waals surface area (Å²) in [7, 11) is 0. The van der Waals surface area contributed by atoms with E-state index in [1.54, 1.807) is 11.3 Å². The normalized spacial score (nSPS) is 20.4. The zero-order valence-corrected chi connectivity index (χ0v) is 7.10. The molecule has 1 saturated heterocycles. The second kappa shape index (κ2) is 3.28. The highest BCUT2D eigenvalue weighted by Gasteiger charge is 2.17. The number of aromatic nitrogens is 2. The van der Waals surface area contributed by atoms with E-state index in [9.17, 15) is 0 Å². The predicted molar refractivity (Wildman–Crippen MR) is 44.8 cm³/mol. The van der Waals surface area contributed by atoms with Crippen molar-refractivity contribution < 1.29 is 0 Å². The van der Waals surface area contributed by atoms with E-state index in [4.69, 9.17) is 0 Å². The monoisotopic (exact) mass is 169 g/mol. The first-order valence-corrected chi connectivity index (χ1v) is 4.81. The summed E-state index contributed by atoms with van der Waals surface area (Å²) in [6.07, 6.45) is 2.43. The number of nitrogens with one attached hydrogen (secondary N) is 1. The molecule has 0 aromatic carbocycles. The summed E-state index contributed by atoms with van der Waals surface area (Å²) < 4.78 is 0. The van der Waals surface area contributed by atoms with Crippen LogP contribution >= 0.6 is 11.3 Å². The average molecular weight is 169 g/mol. The Balaban J connectivity index is 2.04. The minimum Gasteiger partial charge on any atom is -0.317 e. The highest BCUT2D eigenvalue weighted by molar-refractivity contribution is 7.09. The first-order valence-electron chi connectivity index (χ1n) is 3.93. The average Bonchev–Trinajstić information content (AvgIpc) is 2.58. The van der Waals surface area contributed by atoms with Gasteiger partial charge in [0.1, 0.15) is 10.5 Å². The lowest BCUT2D eigenvalue weighted by Crippen LogP contribution is -2.26. The topological polar surface area (TPSA) is 37.8 Å².